The van der Waals surface area contributed by atoms with E-state index in [1.165, 1.54) is 30.6 Å². The number of primary amides is 1. The summed E-state index contributed by atoms with van der Waals surface area (Å²) in [4.78, 5) is 34.6. The SMILES string of the molecule is NC(=O)c1ccc(N2CCC(N)(C(=O)Nc3ccc(F)cc3)C2)c2cncnc12. The van der Waals surface area contributed by atoms with Crippen molar-refractivity contribution in [1.82, 2.24) is 9.97 Å². The minimum Gasteiger partial charge on any atom is -0.368 e. The predicted molar refractivity (Wildman–Crippen MR) is 107 cm³/mol. The third kappa shape index (κ3) is 3.47. The molecule has 1 aliphatic heterocycles. The zero-order valence-corrected chi connectivity index (χ0v) is 15.4. The lowest BCUT2D eigenvalue weighted by Crippen LogP contribution is -2.53. The molecule has 1 aliphatic rings. The molecule has 148 valence electrons. The lowest BCUT2D eigenvalue weighted by Gasteiger charge is -2.25. The number of nitrogens with one attached hydrogen (secondary N) is 1. The van der Waals surface area contributed by atoms with Crippen LogP contribution < -0.4 is 21.7 Å². The number of amides is 2. The van der Waals surface area contributed by atoms with E-state index in [4.69, 9.17) is 11.5 Å². The summed E-state index contributed by atoms with van der Waals surface area (Å²) in [6.07, 6.45) is 3.39. The number of nitrogens with two attached hydrogens (primary N) is 2. The molecule has 3 aromatic rings. The molecule has 0 aliphatic carbocycles. The summed E-state index contributed by atoms with van der Waals surface area (Å²) in [7, 11) is 0. The molecule has 1 aromatic heterocycles. The number of nitrogens with zero attached hydrogens (tertiary/aromatic N) is 3. The number of anilines is 2. The summed E-state index contributed by atoms with van der Waals surface area (Å²) in [6.45, 7) is 0.799. The van der Waals surface area contributed by atoms with Gasteiger partial charge in [0, 0.05) is 36.0 Å². The topological polar surface area (TPSA) is 127 Å². The van der Waals surface area contributed by atoms with Crippen LogP contribution >= 0.6 is 0 Å². The van der Waals surface area contributed by atoms with Crippen molar-refractivity contribution >= 4 is 34.1 Å². The van der Waals surface area contributed by atoms with E-state index >= 15 is 0 Å². The Kier molecular flexibility index (Phi) is 4.59. The van der Waals surface area contributed by atoms with E-state index in [-0.39, 0.29) is 18.3 Å². The average molecular weight is 394 g/mol. The molecule has 1 saturated heterocycles. The molecule has 29 heavy (non-hydrogen) atoms. The number of carbonyl (C=O) groups excluding carboxylic acids is 2. The molecule has 8 nitrogen and oxygen atoms in total. The first kappa shape index (κ1) is 18.8. The van der Waals surface area contributed by atoms with E-state index in [0.717, 1.165) is 5.69 Å². The Bertz CT molecular complexity index is 1100. The zero-order chi connectivity index (χ0) is 20.6. The van der Waals surface area contributed by atoms with Crippen molar-refractivity contribution in [2.45, 2.75) is 12.0 Å². The first-order valence-electron chi connectivity index (χ1n) is 9.01. The van der Waals surface area contributed by atoms with Gasteiger partial charge in [0.25, 0.3) is 5.91 Å². The number of halogens is 1. The van der Waals surface area contributed by atoms with Crippen LogP contribution in [-0.2, 0) is 4.79 Å². The highest BCUT2D eigenvalue weighted by atomic mass is 19.1. The van der Waals surface area contributed by atoms with Gasteiger partial charge in [0.1, 0.15) is 17.7 Å². The number of rotatable bonds is 4. The molecule has 4 rings (SSSR count). The molecule has 2 amide bonds. The van der Waals surface area contributed by atoms with Crippen LogP contribution in [0.25, 0.3) is 10.9 Å². The van der Waals surface area contributed by atoms with E-state index in [0.29, 0.717) is 35.1 Å². The van der Waals surface area contributed by atoms with E-state index in [2.05, 4.69) is 15.3 Å². The second-order valence-electron chi connectivity index (χ2n) is 7.07. The maximum atomic E-state index is 13.1. The van der Waals surface area contributed by atoms with Crippen LogP contribution in [0.5, 0.6) is 0 Å². The monoisotopic (exact) mass is 394 g/mol. The van der Waals surface area contributed by atoms with Crippen molar-refractivity contribution in [3.05, 3.63) is 60.3 Å². The smallest absolute Gasteiger partial charge is 0.250 e. The molecule has 5 N–H and O–H groups in total. The van der Waals surface area contributed by atoms with Crippen molar-refractivity contribution in [2.75, 3.05) is 23.3 Å². The summed E-state index contributed by atoms with van der Waals surface area (Å²) < 4.78 is 13.1. The van der Waals surface area contributed by atoms with Crippen LogP contribution in [0.15, 0.2) is 48.9 Å². The molecule has 0 bridgehead atoms. The first-order valence-corrected chi connectivity index (χ1v) is 9.01. The molecule has 1 atom stereocenters. The second kappa shape index (κ2) is 7.10. The third-order valence-electron chi connectivity index (χ3n) is 5.11. The van der Waals surface area contributed by atoms with Crippen LogP contribution in [0.3, 0.4) is 0 Å². The quantitative estimate of drug-likeness (QED) is 0.614. The number of carbonyl (C=O) groups is 2. The van der Waals surface area contributed by atoms with E-state index < -0.39 is 11.4 Å². The Morgan fingerprint density at radius 1 is 1.17 bits per heavy atom. The molecule has 2 heterocycles. The standard InChI is InChI=1S/C20H19FN6O2/c21-12-1-3-13(4-2-12)26-19(29)20(23)7-8-27(10-20)16-6-5-14(18(22)28)17-15(16)9-24-11-25-17/h1-6,9,11H,7-8,10,23H2,(H2,22,28)(H,26,29). The third-order valence-corrected chi connectivity index (χ3v) is 5.11. The Hall–Kier alpha value is -3.59. The lowest BCUT2D eigenvalue weighted by molar-refractivity contribution is -0.120. The Morgan fingerprint density at radius 3 is 2.66 bits per heavy atom. The van der Waals surface area contributed by atoms with Crippen molar-refractivity contribution < 1.29 is 14.0 Å². The van der Waals surface area contributed by atoms with Gasteiger partial charge in [-0.15, -0.1) is 0 Å². The van der Waals surface area contributed by atoms with Crippen LogP contribution in [-0.4, -0.2) is 40.4 Å². The number of hydrogen-bond donors (Lipinski definition) is 3. The molecule has 9 heteroatoms. The van der Waals surface area contributed by atoms with Gasteiger partial charge in [0.2, 0.25) is 5.91 Å². The Labute approximate surface area is 165 Å². The van der Waals surface area contributed by atoms with E-state index in [9.17, 15) is 14.0 Å². The molecule has 0 radical (unpaired) electrons. The normalized spacial score (nSPS) is 18.8. The van der Waals surface area contributed by atoms with Crippen molar-refractivity contribution in [1.29, 1.82) is 0 Å². The van der Waals surface area contributed by atoms with Gasteiger partial charge in [-0.3, -0.25) is 9.59 Å². The highest BCUT2D eigenvalue weighted by molar-refractivity contribution is 6.08. The fourth-order valence-electron chi connectivity index (χ4n) is 3.55. The number of fused-ring (bicyclic) bond motifs is 1. The Balaban J connectivity index is 1.59. The van der Waals surface area contributed by atoms with Gasteiger partial charge in [0.05, 0.1) is 11.1 Å². The summed E-state index contributed by atoms with van der Waals surface area (Å²) in [5, 5.41) is 3.40. The molecule has 2 aromatic carbocycles. The molecule has 1 fully saturated rings. The van der Waals surface area contributed by atoms with E-state index in [1.54, 1.807) is 18.3 Å². The molecule has 0 saturated carbocycles. The van der Waals surface area contributed by atoms with Crippen LogP contribution in [0, 0.1) is 5.82 Å². The second-order valence-corrected chi connectivity index (χ2v) is 7.07. The fraction of sp³-hybridized carbons (Fsp3) is 0.200. The molecule has 1 unspecified atom stereocenters. The minimum atomic E-state index is -1.13. The van der Waals surface area contributed by atoms with Gasteiger partial charge in [-0.05, 0) is 42.8 Å². The van der Waals surface area contributed by atoms with Gasteiger partial charge in [-0.25, -0.2) is 14.4 Å². The summed E-state index contributed by atoms with van der Waals surface area (Å²) in [5.41, 5.74) is 12.7. The van der Waals surface area contributed by atoms with Crippen molar-refractivity contribution in [3.63, 3.8) is 0 Å². The highest BCUT2D eigenvalue weighted by Gasteiger charge is 2.41. The van der Waals surface area contributed by atoms with Gasteiger partial charge < -0.3 is 21.7 Å². The summed E-state index contributed by atoms with van der Waals surface area (Å²) >= 11 is 0. The minimum absolute atomic E-state index is 0.264. The zero-order valence-electron chi connectivity index (χ0n) is 15.4. The Morgan fingerprint density at radius 2 is 1.93 bits per heavy atom. The summed E-state index contributed by atoms with van der Waals surface area (Å²) in [5.74, 6) is -1.31. The lowest BCUT2D eigenvalue weighted by atomic mass is 9.99. The van der Waals surface area contributed by atoms with Gasteiger partial charge >= 0.3 is 0 Å². The first-order chi connectivity index (χ1) is 13.9. The number of hydrogen-bond acceptors (Lipinski definition) is 6. The maximum absolute atomic E-state index is 13.1. The van der Waals surface area contributed by atoms with Crippen molar-refractivity contribution in [2.24, 2.45) is 11.5 Å². The largest absolute Gasteiger partial charge is 0.368 e. The summed E-state index contributed by atoms with van der Waals surface area (Å²) in [6, 6.07) is 8.88. The average Bonchev–Trinajstić information content (AvgIpc) is 3.12. The fourth-order valence-corrected chi connectivity index (χ4v) is 3.55. The number of benzene rings is 2. The molecular weight excluding hydrogens is 375 g/mol. The highest BCUT2D eigenvalue weighted by Crippen LogP contribution is 2.32. The van der Waals surface area contributed by atoms with E-state index in [1.807, 2.05) is 4.90 Å². The van der Waals surface area contributed by atoms with Gasteiger partial charge in [-0.1, -0.05) is 0 Å². The van der Waals surface area contributed by atoms with Crippen LogP contribution in [0.4, 0.5) is 15.8 Å². The van der Waals surface area contributed by atoms with Crippen LogP contribution in [0.2, 0.25) is 0 Å². The number of aromatic nitrogens is 2. The van der Waals surface area contributed by atoms with Crippen LogP contribution in [0.1, 0.15) is 16.8 Å². The van der Waals surface area contributed by atoms with Crippen molar-refractivity contribution in [3.8, 4) is 0 Å². The predicted octanol–water partition coefficient (Wildman–Crippen LogP) is 1.41. The molecule has 0 spiro atoms. The van der Waals surface area contributed by atoms with Gasteiger partial charge in [0.15, 0.2) is 0 Å². The molecular formula is C20H19FN6O2. The van der Waals surface area contributed by atoms with Gasteiger partial charge in [-0.2, -0.15) is 0 Å². The maximum Gasteiger partial charge on any atom is 0.250 e.